The number of esters is 1. The molecular weight excluding hydrogens is 344 g/mol. The van der Waals surface area contributed by atoms with E-state index >= 15 is 0 Å². The molecule has 0 fully saturated rings. The van der Waals surface area contributed by atoms with Gasteiger partial charge in [0.25, 0.3) is 0 Å². The van der Waals surface area contributed by atoms with Crippen molar-refractivity contribution < 1.29 is 9.53 Å². The standard InChI is InChI=1S/C21H16N2O2S/c1-15-9-11-17(12-10-15)25-21(24)19-14-18(20-8-5-13-26-20)22-23(19)16-6-3-2-4-7-16/h2-14H,1H3. The topological polar surface area (TPSA) is 44.1 Å². The minimum Gasteiger partial charge on any atom is -0.422 e. The quantitative estimate of drug-likeness (QED) is 0.374. The fourth-order valence-corrected chi connectivity index (χ4v) is 3.28. The summed E-state index contributed by atoms with van der Waals surface area (Å²) in [7, 11) is 0. The van der Waals surface area contributed by atoms with E-state index in [-0.39, 0.29) is 0 Å². The Morgan fingerprint density at radius 3 is 2.46 bits per heavy atom. The van der Waals surface area contributed by atoms with E-state index in [2.05, 4.69) is 5.10 Å². The Kier molecular flexibility index (Phi) is 4.37. The Hall–Kier alpha value is -3.18. The van der Waals surface area contributed by atoms with Crippen molar-refractivity contribution in [1.29, 1.82) is 0 Å². The van der Waals surface area contributed by atoms with Crippen LogP contribution in [0.2, 0.25) is 0 Å². The first-order chi connectivity index (χ1) is 12.7. The van der Waals surface area contributed by atoms with Gasteiger partial charge in [-0.05, 0) is 42.6 Å². The van der Waals surface area contributed by atoms with E-state index in [1.807, 2.05) is 66.9 Å². The zero-order chi connectivity index (χ0) is 17.9. The highest BCUT2D eigenvalue weighted by molar-refractivity contribution is 7.13. The van der Waals surface area contributed by atoms with E-state index in [1.54, 1.807) is 34.2 Å². The maximum atomic E-state index is 12.8. The molecule has 0 atom stereocenters. The van der Waals surface area contributed by atoms with E-state index in [9.17, 15) is 4.79 Å². The van der Waals surface area contributed by atoms with Gasteiger partial charge >= 0.3 is 5.97 Å². The summed E-state index contributed by atoms with van der Waals surface area (Å²) in [5.41, 5.74) is 3.06. The van der Waals surface area contributed by atoms with Crippen molar-refractivity contribution in [3.8, 4) is 22.0 Å². The molecule has 26 heavy (non-hydrogen) atoms. The molecule has 0 unspecified atom stereocenters. The molecular formula is C21H16N2O2S. The van der Waals surface area contributed by atoms with Crippen LogP contribution in [0.5, 0.6) is 5.75 Å². The first-order valence-electron chi connectivity index (χ1n) is 8.19. The number of hydrogen-bond donors (Lipinski definition) is 0. The molecule has 0 aliphatic heterocycles. The van der Waals surface area contributed by atoms with Gasteiger partial charge in [0, 0.05) is 6.07 Å². The summed E-state index contributed by atoms with van der Waals surface area (Å²) in [6.07, 6.45) is 0. The fourth-order valence-electron chi connectivity index (χ4n) is 2.60. The monoisotopic (exact) mass is 360 g/mol. The van der Waals surface area contributed by atoms with E-state index in [0.717, 1.165) is 21.8 Å². The van der Waals surface area contributed by atoms with Crippen molar-refractivity contribution in [2.24, 2.45) is 0 Å². The minimum atomic E-state index is -0.437. The highest BCUT2D eigenvalue weighted by Gasteiger charge is 2.20. The molecule has 4 aromatic rings. The minimum absolute atomic E-state index is 0.389. The Morgan fingerprint density at radius 2 is 1.77 bits per heavy atom. The van der Waals surface area contributed by atoms with Gasteiger partial charge in [-0.25, -0.2) is 9.48 Å². The number of rotatable bonds is 4. The molecule has 0 aliphatic rings. The summed E-state index contributed by atoms with van der Waals surface area (Å²) in [6, 6.07) is 22.7. The average molecular weight is 360 g/mol. The fraction of sp³-hybridized carbons (Fsp3) is 0.0476. The summed E-state index contributed by atoms with van der Waals surface area (Å²) in [4.78, 5) is 13.8. The smallest absolute Gasteiger partial charge is 0.362 e. The lowest BCUT2D eigenvalue weighted by Gasteiger charge is -2.07. The molecule has 2 aromatic carbocycles. The van der Waals surface area contributed by atoms with Gasteiger partial charge in [0.1, 0.15) is 11.4 Å². The van der Waals surface area contributed by atoms with Gasteiger partial charge < -0.3 is 4.74 Å². The third-order valence-electron chi connectivity index (χ3n) is 3.92. The molecule has 0 N–H and O–H groups in total. The second-order valence-corrected chi connectivity index (χ2v) is 6.79. The van der Waals surface area contributed by atoms with Crippen LogP contribution in [0, 0.1) is 6.92 Å². The SMILES string of the molecule is Cc1ccc(OC(=O)c2cc(-c3cccs3)nn2-c2ccccc2)cc1. The normalized spacial score (nSPS) is 10.7. The molecule has 0 spiro atoms. The highest BCUT2D eigenvalue weighted by atomic mass is 32.1. The van der Waals surface area contributed by atoms with Crippen molar-refractivity contribution in [3.63, 3.8) is 0 Å². The number of carbonyl (C=O) groups is 1. The van der Waals surface area contributed by atoms with Crippen LogP contribution in [-0.4, -0.2) is 15.7 Å². The number of thiophene rings is 1. The molecule has 0 radical (unpaired) electrons. The Labute approximate surface area is 155 Å². The Balaban J connectivity index is 1.73. The van der Waals surface area contributed by atoms with Gasteiger partial charge in [-0.15, -0.1) is 11.3 Å². The number of benzene rings is 2. The van der Waals surface area contributed by atoms with Crippen molar-refractivity contribution in [2.45, 2.75) is 6.92 Å². The second-order valence-electron chi connectivity index (χ2n) is 5.84. The second kappa shape index (κ2) is 6.98. The van der Waals surface area contributed by atoms with Gasteiger partial charge in [0.15, 0.2) is 5.69 Å². The third kappa shape index (κ3) is 3.30. The van der Waals surface area contributed by atoms with Crippen LogP contribution < -0.4 is 4.74 Å². The Bertz CT molecular complexity index is 1020. The molecule has 5 heteroatoms. The maximum absolute atomic E-state index is 12.8. The molecule has 128 valence electrons. The molecule has 0 bridgehead atoms. The third-order valence-corrected chi connectivity index (χ3v) is 4.82. The van der Waals surface area contributed by atoms with Gasteiger partial charge in [-0.2, -0.15) is 5.10 Å². The van der Waals surface area contributed by atoms with Gasteiger partial charge in [-0.1, -0.05) is 42.0 Å². The molecule has 2 heterocycles. The van der Waals surface area contributed by atoms with Crippen molar-refractivity contribution >= 4 is 17.3 Å². The molecule has 4 nitrogen and oxygen atoms in total. The number of aromatic nitrogens is 2. The highest BCUT2D eigenvalue weighted by Crippen LogP contribution is 2.26. The van der Waals surface area contributed by atoms with Gasteiger partial charge in [0.05, 0.1) is 10.6 Å². The largest absolute Gasteiger partial charge is 0.422 e. The summed E-state index contributed by atoms with van der Waals surface area (Å²) >= 11 is 1.58. The summed E-state index contributed by atoms with van der Waals surface area (Å²) in [5.74, 6) is 0.0760. The van der Waals surface area contributed by atoms with E-state index in [0.29, 0.717) is 11.4 Å². The molecule has 0 aliphatic carbocycles. The average Bonchev–Trinajstić information content (AvgIpc) is 3.34. The van der Waals surface area contributed by atoms with Crippen LogP contribution in [0.3, 0.4) is 0 Å². The Morgan fingerprint density at radius 1 is 1.00 bits per heavy atom. The molecule has 0 amide bonds. The predicted octanol–water partition coefficient (Wildman–Crippen LogP) is 5.13. The molecule has 0 saturated carbocycles. The first-order valence-corrected chi connectivity index (χ1v) is 9.07. The number of para-hydroxylation sites is 1. The summed E-state index contributed by atoms with van der Waals surface area (Å²) < 4.78 is 7.18. The van der Waals surface area contributed by atoms with E-state index in [1.165, 1.54) is 0 Å². The molecule has 4 rings (SSSR count). The van der Waals surface area contributed by atoms with Crippen LogP contribution in [0.25, 0.3) is 16.3 Å². The number of aryl methyl sites for hydroxylation is 1. The first kappa shape index (κ1) is 16.3. The van der Waals surface area contributed by atoms with Crippen molar-refractivity contribution in [3.05, 3.63) is 89.4 Å². The number of ether oxygens (including phenoxy) is 1. The van der Waals surface area contributed by atoms with Crippen LogP contribution in [-0.2, 0) is 0 Å². The summed E-state index contributed by atoms with van der Waals surface area (Å²) in [5, 5.41) is 6.61. The number of carbonyl (C=O) groups excluding carboxylic acids is 1. The lowest BCUT2D eigenvalue weighted by atomic mass is 10.2. The van der Waals surface area contributed by atoms with E-state index in [4.69, 9.17) is 4.74 Å². The van der Waals surface area contributed by atoms with Crippen LogP contribution in [0.4, 0.5) is 0 Å². The zero-order valence-electron chi connectivity index (χ0n) is 14.1. The predicted molar refractivity (Wildman–Crippen MR) is 103 cm³/mol. The number of nitrogens with zero attached hydrogens (tertiary/aromatic N) is 2. The summed E-state index contributed by atoms with van der Waals surface area (Å²) in [6.45, 7) is 1.99. The van der Waals surface area contributed by atoms with Crippen LogP contribution >= 0.6 is 11.3 Å². The lowest BCUT2D eigenvalue weighted by Crippen LogP contribution is -2.14. The van der Waals surface area contributed by atoms with Gasteiger partial charge in [0.2, 0.25) is 0 Å². The van der Waals surface area contributed by atoms with Crippen LogP contribution in [0.15, 0.2) is 78.2 Å². The molecule has 2 aromatic heterocycles. The molecule has 0 saturated heterocycles. The maximum Gasteiger partial charge on any atom is 0.362 e. The van der Waals surface area contributed by atoms with Crippen molar-refractivity contribution in [1.82, 2.24) is 9.78 Å². The zero-order valence-corrected chi connectivity index (χ0v) is 14.9. The number of hydrogen-bond acceptors (Lipinski definition) is 4. The van der Waals surface area contributed by atoms with Crippen molar-refractivity contribution in [2.75, 3.05) is 0 Å². The van der Waals surface area contributed by atoms with Gasteiger partial charge in [-0.3, -0.25) is 0 Å². The van der Waals surface area contributed by atoms with E-state index < -0.39 is 5.97 Å². The van der Waals surface area contributed by atoms with Crippen LogP contribution in [0.1, 0.15) is 16.1 Å². The lowest BCUT2D eigenvalue weighted by molar-refractivity contribution is 0.0725.